The van der Waals surface area contributed by atoms with Crippen LogP contribution in [-0.4, -0.2) is 54.3 Å². The lowest BCUT2D eigenvalue weighted by atomic mass is 10.1. The van der Waals surface area contributed by atoms with Crippen LogP contribution in [-0.2, 0) is 32.5 Å². The molecule has 8 nitrogen and oxygen atoms in total. The third kappa shape index (κ3) is 4.43. The van der Waals surface area contributed by atoms with E-state index < -0.39 is 15.4 Å². The molecule has 0 aliphatic carbocycles. The second-order valence-electron chi connectivity index (χ2n) is 7.50. The molecule has 0 amide bonds. The zero-order valence-electron chi connectivity index (χ0n) is 16.6. The van der Waals surface area contributed by atoms with Crippen molar-refractivity contribution in [3.05, 3.63) is 30.1 Å². The van der Waals surface area contributed by atoms with Crippen molar-refractivity contribution in [1.29, 1.82) is 0 Å². The van der Waals surface area contributed by atoms with Crippen molar-refractivity contribution in [3.63, 3.8) is 0 Å². The van der Waals surface area contributed by atoms with E-state index in [4.69, 9.17) is 15.2 Å². The first-order valence-corrected chi connectivity index (χ1v) is 11.0. The summed E-state index contributed by atoms with van der Waals surface area (Å²) in [5.74, 6) is 1.05. The number of pyridine rings is 1. The molecule has 0 saturated heterocycles. The van der Waals surface area contributed by atoms with Gasteiger partial charge in [-0.2, -0.15) is 0 Å². The van der Waals surface area contributed by atoms with Gasteiger partial charge in [-0.25, -0.2) is 18.4 Å². The Hall–Kier alpha value is -2.23. The molecule has 0 aliphatic rings. The number of hydrogen-bond acceptors (Lipinski definition) is 7. The molecule has 152 valence electrons. The van der Waals surface area contributed by atoms with Crippen molar-refractivity contribution in [2.75, 3.05) is 31.5 Å². The summed E-state index contributed by atoms with van der Waals surface area (Å²) in [7, 11) is -1.48. The normalized spacial score (nSPS) is 12.9. The number of nitrogen functional groups attached to an aromatic ring is 1. The number of para-hydroxylation sites is 1. The predicted molar refractivity (Wildman–Crippen MR) is 110 cm³/mol. The fourth-order valence-corrected chi connectivity index (χ4v) is 3.60. The van der Waals surface area contributed by atoms with Gasteiger partial charge in [0.15, 0.2) is 5.82 Å². The monoisotopic (exact) mass is 406 g/mol. The van der Waals surface area contributed by atoms with Crippen molar-refractivity contribution in [2.45, 2.75) is 32.6 Å². The van der Waals surface area contributed by atoms with Crippen LogP contribution >= 0.6 is 0 Å². The minimum Gasteiger partial charge on any atom is -0.382 e. The summed E-state index contributed by atoms with van der Waals surface area (Å²) >= 11 is 0. The highest BCUT2D eigenvalue weighted by Crippen LogP contribution is 2.30. The van der Waals surface area contributed by atoms with Gasteiger partial charge in [-0.15, -0.1) is 0 Å². The molecular formula is C19H26N4O4S. The molecule has 2 aromatic heterocycles. The van der Waals surface area contributed by atoms with Crippen molar-refractivity contribution in [3.8, 4) is 0 Å². The number of hydrogen-bond donors (Lipinski definition) is 1. The maximum Gasteiger partial charge on any atom is 0.152 e. The molecular weight excluding hydrogens is 380 g/mol. The number of rotatable bonds is 8. The van der Waals surface area contributed by atoms with Gasteiger partial charge in [-0.1, -0.05) is 18.2 Å². The highest BCUT2D eigenvalue weighted by molar-refractivity contribution is 7.90. The minimum absolute atomic E-state index is 0.0220. The van der Waals surface area contributed by atoms with Crippen LogP contribution in [0.15, 0.2) is 24.3 Å². The van der Waals surface area contributed by atoms with Crippen LogP contribution in [0.1, 0.15) is 19.7 Å². The first-order valence-electron chi connectivity index (χ1n) is 8.95. The lowest BCUT2D eigenvalue weighted by molar-refractivity contribution is -0.0217. The van der Waals surface area contributed by atoms with Gasteiger partial charge in [-0.05, 0) is 19.9 Å². The molecule has 0 spiro atoms. The van der Waals surface area contributed by atoms with E-state index in [1.165, 1.54) is 6.26 Å². The van der Waals surface area contributed by atoms with Gasteiger partial charge in [0.2, 0.25) is 0 Å². The first-order chi connectivity index (χ1) is 13.1. The number of fused-ring (bicyclic) bond motifs is 3. The molecule has 2 heterocycles. The molecule has 0 unspecified atom stereocenters. The summed E-state index contributed by atoms with van der Waals surface area (Å²) in [4.78, 5) is 9.11. The molecule has 9 heteroatoms. The summed E-state index contributed by atoms with van der Waals surface area (Å²) in [6.45, 7) is 4.73. The summed E-state index contributed by atoms with van der Waals surface area (Å²) in [5.41, 5.74) is 7.82. The van der Waals surface area contributed by atoms with Crippen LogP contribution in [0.5, 0.6) is 0 Å². The topological polar surface area (TPSA) is 109 Å². The fourth-order valence-electron chi connectivity index (χ4n) is 3.21. The highest BCUT2D eigenvalue weighted by atomic mass is 32.2. The van der Waals surface area contributed by atoms with Gasteiger partial charge in [0, 0.05) is 18.8 Å². The number of anilines is 1. The van der Waals surface area contributed by atoms with Crippen LogP contribution in [0, 0.1) is 0 Å². The quantitative estimate of drug-likeness (QED) is 0.610. The summed E-state index contributed by atoms with van der Waals surface area (Å²) in [6, 6.07) is 7.75. The van der Waals surface area contributed by atoms with Crippen LogP contribution in [0.25, 0.3) is 21.9 Å². The molecule has 3 aromatic rings. The Labute approximate surface area is 164 Å². The zero-order valence-corrected chi connectivity index (χ0v) is 17.4. The van der Waals surface area contributed by atoms with Crippen LogP contribution in [0.2, 0.25) is 0 Å². The Morgan fingerprint density at radius 3 is 2.61 bits per heavy atom. The molecule has 2 N–H and O–H groups in total. The largest absolute Gasteiger partial charge is 0.382 e. The van der Waals surface area contributed by atoms with E-state index in [0.717, 1.165) is 16.4 Å². The third-order valence-electron chi connectivity index (χ3n) is 4.45. The summed E-state index contributed by atoms with van der Waals surface area (Å²) in [6.07, 6.45) is 1.20. The Morgan fingerprint density at radius 1 is 1.21 bits per heavy atom. The maximum atomic E-state index is 11.4. The second-order valence-corrected chi connectivity index (χ2v) is 9.76. The SMILES string of the molecule is COCc1nc2c(N)nc3ccccc3c2n1CC(C)(C)OCCS(C)(=O)=O. The van der Waals surface area contributed by atoms with E-state index in [1.54, 1.807) is 7.11 Å². The number of benzene rings is 1. The molecule has 3 rings (SSSR count). The smallest absolute Gasteiger partial charge is 0.152 e. The average molecular weight is 407 g/mol. The average Bonchev–Trinajstić information content (AvgIpc) is 2.93. The van der Waals surface area contributed by atoms with Crippen LogP contribution in [0.3, 0.4) is 0 Å². The molecule has 28 heavy (non-hydrogen) atoms. The molecule has 0 atom stereocenters. The Bertz CT molecular complexity index is 1110. The molecule has 0 saturated carbocycles. The lowest BCUT2D eigenvalue weighted by Crippen LogP contribution is -2.33. The Morgan fingerprint density at radius 2 is 1.93 bits per heavy atom. The zero-order chi connectivity index (χ0) is 20.5. The van der Waals surface area contributed by atoms with Crippen molar-refractivity contribution in [2.24, 2.45) is 0 Å². The second kappa shape index (κ2) is 7.65. The van der Waals surface area contributed by atoms with Crippen LogP contribution < -0.4 is 5.73 Å². The predicted octanol–water partition coefficient (Wildman–Crippen LogP) is 2.15. The molecule has 0 radical (unpaired) electrons. The van der Waals surface area contributed by atoms with Crippen LogP contribution in [0.4, 0.5) is 5.82 Å². The van der Waals surface area contributed by atoms with Gasteiger partial charge >= 0.3 is 0 Å². The Balaban J connectivity index is 2.06. The standard InChI is InChI=1S/C19H26N4O4S/c1-19(2,27-9-10-28(4,24)25)12-23-15(11-26-3)22-16-17(23)13-7-5-6-8-14(13)21-18(16)20/h5-8H,9-12H2,1-4H3,(H2,20,21). The van der Waals surface area contributed by atoms with Crippen molar-refractivity contribution < 1.29 is 17.9 Å². The number of imidazole rings is 1. The van der Waals surface area contributed by atoms with E-state index in [-0.39, 0.29) is 12.4 Å². The number of methoxy groups -OCH3 is 1. The van der Waals surface area contributed by atoms with Crippen molar-refractivity contribution in [1.82, 2.24) is 14.5 Å². The summed E-state index contributed by atoms with van der Waals surface area (Å²) < 4.78 is 36.0. The van der Waals surface area contributed by atoms with Gasteiger partial charge in [0.1, 0.15) is 27.8 Å². The van der Waals surface area contributed by atoms with E-state index in [0.29, 0.717) is 30.3 Å². The number of sulfone groups is 1. The van der Waals surface area contributed by atoms with E-state index in [1.807, 2.05) is 42.7 Å². The van der Waals surface area contributed by atoms with E-state index in [9.17, 15) is 8.42 Å². The Kier molecular flexibility index (Phi) is 5.60. The molecule has 0 bridgehead atoms. The highest BCUT2D eigenvalue weighted by Gasteiger charge is 2.25. The molecule has 1 aromatic carbocycles. The van der Waals surface area contributed by atoms with Gasteiger partial charge in [0.05, 0.1) is 35.5 Å². The minimum atomic E-state index is -3.08. The van der Waals surface area contributed by atoms with Gasteiger partial charge in [0.25, 0.3) is 0 Å². The molecule has 0 aliphatic heterocycles. The van der Waals surface area contributed by atoms with Gasteiger partial charge < -0.3 is 19.8 Å². The lowest BCUT2D eigenvalue weighted by Gasteiger charge is -2.27. The van der Waals surface area contributed by atoms with Crippen molar-refractivity contribution >= 4 is 37.6 Å². The number of aromatic nitrogens is 3. The number of nitrogens with two attached hydrogens (primary N) is 1. The number of nitrogens with zero attached hydrogens (tertiary/aromatic N) is 3. The maximum absolute atomic E-state index is 11.4. The van der Waals surface area contributed by atoms with E-state index >= 15 is 0 Å². The third-order valence-corrected chi connectivity index (χ3v) is 5.36. The summed E-state index contributed by atoms with van der Waals surface area (Å²) in [5, 5.41) is 0.938. The van der Waals surface area contributed by atoms with E-state index in [2.05, 4.69) is 9.97 Å². The first kappa shape index (κ1) is 20.5. The van der Waals surface area contributed by atoms with Gasteiger partial charge in [-0.3, -0.25) is 0 Å². The molecule has 0 fully saturated rings. The number of ether oxygens (including phenoxy) is 2. The fraction of sp³-hybridized carbons (Fsp3) is 0.474.